The maximum Gasteiger partial charge on any atom is 0.412 e. The first-order chi connectivity index (χ1) is 24.8. The number of nitrogens with two attached hydrogens (primary N) is 1. The molecule has 1 fully saturated rings. The van der Waals surface area contributed by atoms with Crippen LogP contribution in [0.4, 0.5) is 21.0 Å². The van der Waals surface area contributed by atoms with E-state index >= 15 is 0 Å². The number of phosphoric acid groups is 3. The van der Waals surface area contributed by atoms with E-state index < -0.39 is 98.4 Å². The van der Waals surface area contributed by atoms with Crippen molar-refractivity contribution in [1.82, 2.24) is 9.55 Å². The van der Waals surface area contributed by atoms with E-state index in [4.69, 9.17) is 19.9 Å². The van der Waals surface area contributed by atoms with Gasteiger partial charge in [-0.3, -0.25) is 43.0 Å². The van der Waals surface area contributed by atoms with Crippen molar-refractivity contribution >= 4 is 54.6 Å². The van der Waals surface area contributed by atoms with Crippen molar-refractivity contribution in [2.75, 3.05) is 29.9 Å². The molecule has 8 atom stereocenters. The number of rotatable bonds is 16. The van der Waals surface area contributed by atoms with Crippen LogP contribution < -0.4 is 47.2 Å². The van der Waals surface area contributed by atoms with Crippen molar-refractivity contribution in [2.24, 2.45) is 5.73 Å². The maximum absolute atomic E-state index is 13.0. The lowest BCUT2D eigenvalue weighted by atomic mass is 10.1. The minimum atomic E-state index is -6.55. The summed E-state index contributed by atoms with van der Waals surface area (Å²) < 4.78 is 80.8. The zero-order valence-corrected chi connectivity index (χ0v) is 30.0. The molecular formula is C25H27N5O19P4-4. The molecule has 5 unspecified atom stereocenters. The number of nitrogens with zero attached hydrogens (tertiary/aromatic N) is 1. The molecule has 1 aliphatic rings. The highest BCUT2D eigenvalue weighted by Gasteiger charge is 2.51. The molecule has 5 N–H and O–H groups in total. The Bertz CT molecular complexity index is 2070. The first kappa shape index (κ1) is 41.9. The van der Waals surface area contributed by atoms with E-state index in [0.717, 1.165) is 12.3 Å². The molecule has 24 nitrogen and oxygen atoms in total. The second-order valence-electron chi connectivity index (χ2n) is 10.3. The maximum atomic E-state index is 13.0. The van der Waals surface area contributed by atoms with E-state index in [0.29, 0.717) is 4.57 Å². The Morgan fingerprint density at radius 1 is 0.774 bits per heavy atom. The smallest absolute Gasteiger partial charge is 0.412 e. The molecule has 2 aromatic carbocycles. The minimum absolute atomic E-state index is 0.191. The van der Waals surface area contributed by atoms with Gasteiger partial charge in [-0.05, 0) is 24.3 Å². The Morgan fingerprint density at radius 3 is 1.81 bits per heavy atom. The number of amides is 2. The number of hydrogen-bond donors (Lipinski definition) is 4. The molecule has 1 aliphatic heterocycles. The van der Waals surface area contributed by atoms with Gasteiger partial charge in [-0.25, -0.2) is 23.0 Å². The number of aromatic amines is 1. The molecule has 0 bridgehead atoms. The molecule has 290 valence electrons. The predicted octanol–water partition coefficient (Wildman–Crippen LogP) is -0.348. The third-order valence-electron chi connectivity index (χ3n) is 6.36. The fourth-order valence-electron chi connectivity index (χ4n) is 4.36. The van der Waals surface area contributed by atoms with Crippen LogP contribution in [0.15, 0.2) is 82.5 Å². The zero-order chi connectivity index (χ0) is 39.0. The van der Waals surface area contributed by atoms with Crippen LogP contribution in [0.2, 0.25) is 0 Å². The Labute approximate surface area is 297 Å². The SMILES string of the molecule is NCCP(=O)([O-])OP(=O)([O-])OP(=O)([O-])OP(=O)([O-])OC[C@H]1O[C@@H](n2ccc(=O)[nH]c2=O)C(OC(=O)Nc2ccccc2)[C@H]1OC(=O)Nc1ccccc1. The molecule has 1 aromatic heterocycles. The van der Waals surface area contributed by atoms with Gasteiger partial charge in [0.2, 0.25) is 0 Å². The van der Waals surface area contributed by atoms with Gasteiger partial charge in [0.25, 0.3) is 29.0 Å². The average molecular weight is 825 g/mol. The Kier molecular flexibility index (Phi) is 13.9. The topological polar surface area (TPSA) is 364 Å². The van der Waals surface area contributed by atoms with E-state index in [2.05, 4.69) is 28.1 Å². The molecule has 0 radical (unpaired) electrons. The summed E-state index contributed by atoms with van der Waals surface area (Å²) in [6.07, 6.45) is -10.1. The second-order valence-corrected chi connectivity index (χ2v) is 16.9. The first-order valence-electron chi connectivity index (χ1n) is 14.5. The number of hydrogen-bond acceptors (Lipinski definition) is 20. The average Bonchev–Trinajstić information content (AvgIpc) is 3.34. The van der Waals surface area contributed by atoms with Crippen molar-refractivity contribution in [1.29, 1.82) is 0 Å². The second kappa shape index (κ2) is 17.5. The van der Waals surface area contributed by atoms with Crippen LogP contribution in [0.25, 0.3) is 0 Å². The number of carbonyl (C=O) groups is 2. The summed E-state index contributed by atoms with van der Waals surface area (Å²) in [4.78, 5) is 101. The van der Waals surface area contributed by atoms with Crippen LogP contribution in [0.1, 0.15) is 6.23 Å². The molecule has 53 heavy (non-hydrogen) atoms. The monoisotopic (exact) mass is 825 g/mol. The van der Waals surface area contributed by atoms with Crippen molar-refractivity contribution in [2.45, 2.75) is 24.5 Å². The molecule has 0 saturated carbocycles. The van der Waals surface area contributed by atoms with E-state index in [1.165, 1.54) is 24.3 Å². The quantitative estimate of drug-likeness (QED) is 0.134. The van der Waals surface area contributed by atoms with Gasteiger partial charge in [0.05, 0.1) is 6.61 Å². The normalized spacial score (nSPS) is 23.0. The van der Waals surface area contributed by atoms with Gasteiger partial charge in [0, 0.05) is 36.3 Å². The molecule has 3 aromatic rings. The molecule has 28 heteroatoms. The molecule has 0 spiro atoms. The summed E-state index contributed by atoms with van der Waals surface area (Å²) in [6, 6.07) is 16.2. The number of H-pyrrole nitrogens is 1. The lowest BCUT2D eigenvalue weighted by Gasteiger charge is -2.36. The number of para-hydroxylation sites is 2. The van der Waals surface area contributed by atoms with Gasteiger partial charge in [-0.1, -0.05) is 36.4 Å². The van der Waals surface area contributed by atoms with Crippen LogP contribution in [-0.2, 0) is 49.9 Å². The fraction of sp³-hybridized carbons (Fsp3) is 0.280. The van der Waals surface area contributed by atoms with Gasteiger partial charge in [-0.2, -0.15) is 0 Å². The minimum Gasteiger partial charge on any atom is -0.778 e. The summed E-state index contributed by atoms with van der Waals surface area (Å²) in [5, 5.41) is 4.71. The lowest BCUT2D eigenvalue weighted by Crippen LogP contribution is -2.44. The Morgan fingerprint density at radius 2 is 1.28 bits per heavy atom. The van der Waals surface area contributed by atoms with E-state index in [1.807, 2.05) is 4.98 Å². The molecule has 1 saturated heterocycles. The third kappa shape index (κ3) is 12.9. The van der Waals surface area contributed by atoms with E-state index in [1.54, 1.807) is 36.4 Å². The summed E-state index contributed by atoms with van der Waals surface area (Å²) >= 11 is 0. The lowest BCUT2D eigenvalue weighted by molar-refractivity contribution is -0.251. The van der Waals surface area contributed by atoms with Gasteiger partial charge in [-0.15, -0.1) is 0 Å². The van der Waals surface area contributed by atoms with Crippen molar-refractivity contribution in [3.8, 4) is 0 Å². The van der Waals surface area contributed by atoms with Crippen LogP contribution in [0, 0.1) is 0 Å². The summed E-state index contributed by atoms with van der Waals surface area (Å²) in [5.74, 6) is 0. The Hall–Kier alpha value is -3.82. The zero-order valence-electron chi connectivity index (χ0n) is 26.4. The molecular weight excluding hydrogens is 798 g/mol. The molecule has 0 aliphatic carbocycles. The number of anilines is 2. The van der Waals surface area contributed by atoms with Crippen LogP contribution in [0.5, 0.6) is 0 Å². The van der Waals surface area contributed by atoms with Crippen molar-refractivity contribution in [3.05, 3.63) is 93.8 Å². The van der Waals surface area contributed by atoms with Crippen LogP contribution in [0.3, 0.4) is 0 Å². The van der Waals surface area contributed by atoms with Gasteiger partial charge >= 0.3 is 17.9 Å². The summed E-state index contributed by atoms with van der Waals surface area (Å²) in [7, 11) is -24.4. The van der Waals surface area contributed by atoms with Gasteiger partial charge in [0.15, 0.2) is 18.4 Å². The predicted molar refractivity (Wildman–Crippen MR) is 169 cm³/mol. The molecule has 2 heterocycles. The highest BCUT2D eigenvalue weighted by atomic mass is 31.3. The highest BCUT2D eigenvalue weighted by Crippen LogP contribution is 2.66. The molecule has 4 rings (SSSR count). The summed E-state index contributed by atoms with van der Waals surface area (Å²) in [5.41, 5.74) is 3.40. The van der Waals surface area contributed by atoms with Crippen LogP contribution in [-0.4, -0.2) is 59.4 Å². The number of nitrogens with one attached hydrogen (secondary N) is 3. The highest BCUT2D eigenvalue weighted by molar-refractivity contribution is 7.69. The number of ether oxygens (including phenoxy) is 3. The standard InChI is InChI=1S/C25H31N5O19P4/c26-12-14-50(35,36)47-52(39,40)49-53(41,42)48-51(37,38)43-15-18-20(45-24(33)27-16-7-3-1-4-8-16)21(46-25(34)28-17-9-5-2-6-10-17)22(44-18)30-13-11-19(31)29-23(30)32/h1-11,13,18,20-22H,12,14-15,26H2,(H,27,33)(H,28,34)(H,35,36)(H,37,38)(H,39,40)(H,41,42)(H,29,31,32)/p-4/t18-,20+,21?,22-/m1/s1. The number of carbonyl (C=O) groups excluding carboxylic acids is 2. The van der Waals surface area contributed by atoms with E-state index in [-0.39, 0.29) is 11.4 Å². The number of phosphoric ester groups is 1. The number of aromatic nitrogens is 2. The summed E-state index contributed by atoms with van der Waals surface area (Å²) in [6.45, 7) is -2.00. The van der Waals surface area contributed by atoms with Crippen molar-refractivity contribution in [3.63, 3.8) is 0 Å². The first-order valence-corrected chi connectivity index (χ1v) is 20.6. The van der Waals surface area contributed by atoms with E-state index in [9.17, 15) is 57.0 Å². The molecule has 2 amide bonds. The van der Waals surface area contributed by atoms with Crippen LogP contribution >= 0.6 is 31.1 Å². The van der Waals surface area contributed by atoms with Crippen molar-refractivity contribution < 1.29 is 79.1 Å². The van der Waals surface area contributed by atoms with Gasteiger partial charge in [0.1, 0.15) is 13.7 Å². The largest absolute Gasteiger partial charge is 0.778 e. The fourth-order valence-corrected chi connectivity index (χ4v) is 9.48. The third-order valence-corrected chi connectivity index (χ3v) is 12.6. The Balaban J connectivity index is 1.61. The van der Waals surface area contributed by atoms with Gasteiger partial charge < -0.3 is 48.6 Å². The number of benzene rings is 2.